The van der Waals surface area contributed by atoms with E-state index < -0.39 is 37.3 Å². The summed E-state index contributed by atoms with van der Waals surface area (Å²) in [7, 11) is 1.50. The minimum atomic E-state index is -1.44. The molecule has 0 aromatic rings. The zero-order valence-corrected chi connectivity index (χ0v) is 23.3. The zero-order chi connectivity index (χ0) is 26.6. The van der Waals surface area contributed by atoms with Crippen molar-refractivity contribution in [3.63, 3.8) is 0 Å². The molecule has 1 saturated heterocycles. The fraction of sp³-hybridized carbons (Fsp3) is 0.966. The smallest absolute Gasteiger partial charge is 0.222 e. The number of hydrogen-bond acceptors (Lipinski definition) is 6. The van der Waals surface area contributed by atoms with E-state index in [9.17, 15) is 20.1 Å². The lowest BCUT2D eigenvalue weighted by Crippen LogP contribution is -2.64. The van der Waals surface area contributed by atoms with Gasteiger partial charge < -0.3 is 30.1 Å². The van der Waals surface area contributed by atoms with Gasteiger partial charge in [-0.25, -0.2) is 0 Å². The molecular weight excluding hydrogens is 458 g/mol. The van der Waals surface area contributed by atoms with Crippen molar-refractivity contribution in [2.75, 3.05) is 13.7 Å². The predicted molar refractivity (Wildman–Crippen MR) is 145 cm³/mol. The van der Waals surface area contributed by atoms with Crippen LogP contribution in [0.1, 0.15) is 135 Å². The first kappa shape index (κ1) is 33.3. The number of carbonyl (C=O) groups excluding carboxylic acids is 1. The van der Waals surface area contributed by atoms with Crippen LogP contribution in [-0.4, -0.2) is 75.5 Å². The maximum Gasteiger partial charge on any atom is 0.222 e. The molecule has 0 radical (unpaired) electrons. The first-order valence-electron chi connectivity index (χ1n) is 15.0. The number of nitrogens with zero attached hydrogens (tertiary/aromatic N) is 1. The van der Waals surface area contributed by atoms with E-state index in [-0.39, 0.29) is 5.91 Å². The lowest BCUT2D eigenvalue weighted by atomic mass is 9.95. The third kappa shape index (κ3) is 13.7. The van der Waals surface area contributed by atoms with Crippen molar-refractivity contribution >= 4 is 5.91 Å². The predicted octanol–water partition coefficient (Wildman–Crippen LogP) is 5.07. The van der Waals surface area contributed by atoms with Gasteiger partial charge in [0.2, 0.25) is 5.91 Å². The highest BCUT2D eigenvalue weighted by Crippen LogP contribution is 2.24. The first-order chi connectivity index (χ1) is 17.4. The molecule has 1 aliphatic rings. The lowest BCUT2D eigenvalue weighted by molar-refractivity contribution is -0.268. The molecule has 5 atom stereocenters. The van der Waals surface area contributed by atoms with Crippen molar-refractivity contribution in [2.24, 2.45) is 0 Å². The third-order valence-electron chi connectivity index (χ3n) is 7.70. The summed E-state index contributed by atoms with van der Waals surface area (Å²) in [6, 6.07) is -1.05. The maximum absolute atomic E-state index is 12.5. The molecule has 0 aliphatic carbocycles. The Morgan fingerprint density at radius 3 is 1.44 bits per heavy atom. The maximum atomic E-state index is 12.5. The second-order valence-electron chi connectivity index (χ2n) is 10.8. The van der Waals surface area contributed by atoms with Crippen molar-refractivity contribution < 1.29 is 30.0 Å². The van der Waals surface area contributed by atoms with E-state index in [2.05, 4.69) is 6.92 Å². The molecule has 0 spiro atoms. The van der Waals surface area contributed by atoms with E-state index in [0.29, 0.717) is 6.42 Å². The average Bonchev–Trinajstić information content (AvgIpc) is 2.87. The van der Waals surface area contributed by atoms with Crippen molar-refractivity contribution in [3.05, 3.63) is 0 Å². The number of likely N-dealkylation sites (N-methyl/N-ethyl adjacent to an activating group) is 1. The van der Waals surface area contributed by atoms with Crippen LogP contribution >= 0.6 is 0 Å². The molecular formula is C29H57NO6. The molecule has 0 aromatic heterocycles. The molecule has 36 heavy (non-hydrogen) atoms. The van der Waals surface area contributed by atoms with Crippen molar-refractivity contribution in [1.82, 2.24) is 4.90 Å². The molecule has 1 amide bonds. The van der Waals surface area contributed by atoms with Gasteiger partial charge in [0.15, 0.2) is 6.29 Å². The summed E-state index contributed by atoms with van der Waals surface area (Å²) in [5, 5.41) is 39.6. The minimum absolute atomic E-state index is 0.191. The Kier molecular flexibility index (Phi) is 19.6. The molecule has 214 valence electrons. The van der Waals surface area contributed by atoms with Gasteiger partial charge in [-0.1, -0.05) is 122 Å². The topological polar surface area (TPSA) is 110 Å². The van der Waals surface area contributed by atoms with Gasteiger partial charge in [0.1, 0.15) is 24.4 Å². The van der Waals surface area contributed by atoms with Crippen LogP contribution in [0.2, 0.25) is 0 Å². The van der Waals surface area contributed by atoms with Crippen molar-refractivity contribution in [3.8, 4) is 0 Å². The van der Waals surface area contributed by atoms with Crippen LogP contribution in [0.3, 0.4) is 0 Å². The summed E-state index contributed by atoms with van der Waals surface area (Å²) in [4.78, 5) is 13.8. The summed E-state index contributed by atoms with van der Waals surface area (Å²) in [5.74, 6) is -0.191. The third-order valence-corrected chi connectivity index (χ3v) is 7.70. The van der Waals surface area contributed by atoms with Gasteiger partial charge in [-0.05, 0) is 6.42 Å². The zero-order valence-electron chi connectivity index (χ0n) is 23.3. The molecule has 1 rings (SSSR count). The number of amides is 1. The summed E-state index contributed by atoms with van der Waals surface area (Å²) in [6.45, 7) is 1.76. The quantitative estimate of drug-likeness (QED) is 0.150. The Balaban J connectivity index is 1.93. The monoisotopic (exact) mass is 515 g/mol. The highest BCUT2D eigenvalue weighted by molar-refractivity contribution is 5.76. The van der Waals surface area contributed by atoms with E-state index >= 15 is 0 Å². The van der Waals surface area contributed by atoms with Crippen molar-refractivity contribution in [2.45, 2.75) is 166 Å². The van der Waals surface area contributed by atoms with Crippen LogP contribution < -0.4 is 0 Å². The van der Waals surface area contributed by atoms with Crippen LogP contribution in [0, 0.1) is 0 Å². The lowest BCUT2D eigenvalue weighted by Gasteiger charge is -2.43. The van der Waals surface area contributed by atoms with Crippen LogP contribution in [0.25, 0.3) is 0 Å². The molecule has 0 bridgehead atoms. The Labute approximate surface area is 220 Å². The number of rotatable bonds is 22. The fourth-order valence-corrected chi connectivity index (χ4v) is 5.20. The average molecular weight is 516 g/mol. The molecule has 7 heteroatoms. The van der Waals surface area contributed by atoms with Crippen LogP contribution in [0.15, 0.2) is 0 Å². The minimum Gasteiger partial charge on any atom is -0.394 e. The Hall–Kier alpha value is -0.730. The summed E-state index contributed by atoms with van der Waals surface area (Å²) >= 11 is 0. The molecule has 1 aliphatic heterocycles. The highest BCUT2D eigenvalue weighted by Gasteiger charge is 2.46. The number of ether oxygens (including phenoxy) is 1. The van der Waals surface area contributed by atoms with Crippen LogP contribution in [0.5, 0.6) is 0 Å². The fourth-order valence-electron chi connectivity index (χ4n) is 5.20. The molecule has 1 unspecified atom stereocenters. The summed E-state index contributed by atoms with van der Waals surface area (Å²) in [5.41, 5.74) is 0. The highest BCUT2D eigenvalue weighted by atomic mass is 16.6. The van der Waals surface area contributed by atoms with Gasteiger partial charge >= 0.3 is 0 Å². The largest absolute Gasteiger partial charge is 0.394 e. The Bertz CT molecular complexity index is 534. The van der Waals surface area contributed by atoms with E-state index in [1.54, 1.807) is 0 Å². The number of hydrogen-bond donors (Lipinski definition) is 4. The number of aliphatic hydroxyl groups is 4. The first-order valence-corrected chi connectivity index (χ1v) is 15.0. The molecule has 1 heterocycles. The van der Waals surface area contributed by atoms with Gasteiger partial charge in [0, 0.05) is 13.5 Å². The van der Waals surface area contributed by atoms with Crippen LogP contribution in [0.4, 0.5) is 0 Å². The van der Waals surface area contributed by atoms with Gasteiger partial charge in [0.25, 0.3) is 0 Å². The SMILES string of the molecule is CCCCCCCCCCCCCCCCCCCCCC(=O)N(C)[C@H]1C(O)O[C@H](CO)[C@@H](O)[C@@H]1O. The van der Waals surface area contributed by atoms with E-state index in [4.69, 9.17) is 9.84 Å². The molecule has 4 N–H and O–H groups in total. The summed E-state index contributed by atoms with van der Waals surface area (Å²) in [6.07, 6.45) is 19.8. The molecule has 7 nitrogen and oxygen atoms in total. The Morgan fingerprint density at radius 1 is 0.667 bits per heavy atom. The van der Waals surface area contributed by atoms with Gasteiger partial charge in [-0.2, -0.15) is 0 Å². The number of aliphatic hydroxyl groups excluding tert-OH is 4. The second-order valence-corrected chi connectivity index (χ2v) is 10.8. The van der Waals surface area contributed by atoms with E-state index in [0.717, 1.165) is 19.3 Å². The summed E-state index contributed by atoms with van der Waals surface area (Å²) < 4.78 is 5.15. The Morgan fingerprint density at radius 2 is 1.06 bits per heavy atom. The number of carbonyl (C=O) groups is 1. The molecule has 0 aromatic carbocycles. The standard InChI is InChI=1S/C29H57NO6/c1-3-4-5-6-7-8-9-10-11-12-13-14-15-16-17-18-19-20-21-22-25(32)30(2)26-28(34)27(33)24(23-31)36-29(26)35/h24,26-29,31,33-35H,3-23H2,1-2H3/t24-,26-,27-,28-,29?/m1/s1. The van der Waals surface area contributed by atoms with Gasteiger partial charge in [-0.15, -0.1) is 0 Å². The van der Waals surface area contributed by atoms with Crippen molar-refractivity contribution in [1.29, 1.82) is 0 Å². The van der Waals surface area contributed by atoms with Gasteiger partial charge in [-0.3, -0.25) is 4.79 Å². The molecule has 0 saturated carbocycles. The second kappa shape index (κ2) is 21.2. The van der Waals surface area contributed by atoms with E-state index in [1.165, 1.54) is 115 Å². The van der Waals surface area contributed by atoms with Gasteiger partial charge in [0.05, 0.1) is 6.61 Å². The normalized spacial score (nSPS) is 24.2. The number of unbranched alkanes of at least 4 members (excludes halogenated alkanes) is 18. The molecule has 1 fully saturated rings. The van der Waals surface area contributed by atoms with Crippen LogP contribution in [-0.2, 0) is 9.53 Å². The van der Waals surface area contributed by atoms with E-state index in [1.807, 2.05) is 0 Å².